The minimum atomic E-state index is -0.379. The number of ether oxygens (including phenoxy) is 1. The van der Waals surface area contributed by atoms with Crippen molar-refractivity contribution in [1.29, 1.82) is 0 Å². The molecule has 0 bridgehead atoms. The van der Waals surface area contributed by atoms with Gasteiger partial charge in [-0.05, 0) is 70.6 Å². The van der Waals surface area contributed by atoms with Gasteiger partial charge in [-0.25, -0.2) is 4.79 Å². The van der Waals surface area contributed by atoms with Gasteiger partial charge in [0.2, 0.25) is 5.89 Å². The second-order valence-corrected chi connectivity index (χ2v) is 6.75. The Kier molecular flexibility index (Phi) is 4.36. The zero-order valence-electron chi connectivity index (χ0n) is 13.4. The number of hydrogen-bond acceptors (Lipinski definition) is 5. The molecule has 126 valence electrons. The molecule has 25 heavy (non-hydrogen) atoms. The summed E-state index contributed by atoms with van der Waals surface area (Å²) in [4.78, 5) is 12.2. The van der Waals surface area contributed by atoms with Crippen LogP contribution in [0.1, 0.15) is 33.8 Å². The van der Waals surface area contributed by atoms with Gasteiger partial charge in [-0.1, -0.05) is 18.2 Å². The Morgan fingerprint density at radius 2 is 1.96 bits per heavy atom. The van der Waals surface area contributed by atoms with Crippen LogP contribution in [0.4, 0.5) is 0 Å². The van der Waals surface area contributed by atoms with Crippen LogP contribution in [0.5, 0.6) is 0 Å². The lowest BCUT2D eigenvalue weighted by Crippen LogP contribution is -2.06. The second-order valence-electron chi connectivity index (χ2n) is 5.89. The van der Waals surface area contributed by atoms with Gasteiger partial charge in [-0.2, -0.15) is 0 Å². The first-order chi connectivity index (χ1) is 12.2. The molecule has 0 saturated heterocycles. The van der Waals surface area contributed by atoms with Crippen LogP contribution in [0.2, 0.25) is 0 Å². The normalized spacial score (nSPS) is 12.8. The molecule has 1 heterocycles. The molecule has 4 rings (SSSR count). The number of nitrogens with zero attached hydrogens (tertiary/aromatic N) is 2. The van der Waals surface area contributed by atoms with Crippen LogP contribution in [0.15, 0.2) is 51.4 Å². The van der Waals surface area contributed by atoms with E-state index in [9.17, 15) is 4.79 Å². The molecule has 5 nitrogen and oxygen atoms in total. The SMILES string of the molecule is O=C(OCc1nnc(-c2ccccc2Br)o1)c1ccc2c(c1)CCC2. The van der Waals surface area contributed by atoms with Gasteiger partial charge in [0.1, 0.15) is 0 Å². The summed E-state index contributed by atoms with van der Waals surface area (Å²) >= 11 is 3.45. The first-order valence-corrected chi connectivity index (χ1v) is 8.86. The summed E-state index contributed by atoms with van der Waals surface area (Å²) in [5.41, 5.74) is 3.92. The predicted octanol–water partition coefficient (Wildman–Crippen LogP) is 4.34. The van der Waals surface area contributed by atoms with Crippen LogP contribution in [0, 0.1) is 0 Å². The topological polar surface area (TPSA) is 65.2 Å². The Morgan fingerprint density at radius 3 is 2.84 bits per heavy atom. The van der Waals surface area contributed by atoms with Crippen LogP contribution < -0.4 is 0 Å². The van der Waals surface area contributed by atoms with E-state index >= 15 is 0 Å². The fraction of sp³-hybridized carbons (Fsp3) is 0.211. The molecular weight excluding hydrogens is 384 g/mol. The molecule has 0 spiro atoms. The molecule has 0 atom stereocenters. The van der Waals surface area contributed by atoms with Gasteiger partial charge in [-0.3, -0.25) is 0 Å². The Hall–Kier alpha value is -2.47. The maximum absolute atomic E-state index is 12.2. The van der Waals surface area contributed by atoms with Crippen LogP contribution in [0.3, 0.4) is 0 Å². The van der Waals surface area contributed by atoms with E-state index in [0.29, 0.717) is 11.5 Å². The van der Waals surface area contributed by atoms with Crippen molar-refractivity contribution in [1.82, 2.24) is 10.2 Å². The predicted molar refractivity (Wildman–Crippen MR) is 95.0 cm³/mol. The van der Waals surface area contributed by atoms with Gasteiger partial charge in [0.05, 0.1) is 11.1 Å². The van der Waals surface area contributed by atoms with Crippen LogP contribution in [-0.4, -0.2) is 16.2 Å². The van der Waals surface area contributed by atoms with E-state index in [0.717, 1.165) is 29.3 Å². The summed E-state index contributed by atoms with van der Waals surface area (Å²) in [7, 11) is 0. The van der Waals surface area contributed by atoms with Gasteiger partial charge in [-0.15, -0.1) is 10.2 Å². The first kappa shape index (κ1) is 16.0. The minimum Gasteiger partial charge on any atom is -0.452 e. The Bertz CT molecular complexity index is 936. The van der Waals surface area contributed by atoms with Gasteiger partial charge < -0.3 is 9.15 Å². The molecular formula is C19H15BrN2O3. The summed E-state index contributed by atoms with van der Waals surface area (Å²) in [5.74, 6) is 0.270. The fourth-order valence-electron chi connectivity index (χ4n) is 2.96. The van der Waals surface area contributed by atoms with Crippen LogP contribution in [-0.2, 0) is 24.2 Å². The lowest BCUT2D eigenvalue weighted by atomic mass is 10.1. The highest BCUT2D eigenvalue weighted by molar-refractivity contribution is 9.10. The number of carbonyl (C=O) groups excluding carboxylic acids is 1. The van der Waals surface area contributed by atoms with Crippen molar-refractivity contribution in [2.24, 2.45) is 0 Å². The van der Waals surface area contributed by atoms with E-state index in [1.807, 2.05) is 42.5 Å². The Labute approximate surface area is 153 Å². The van der Waals surface area contributed by atoms with Crippen molar-refractivity contribution in [2.45, 2.75) is 25.9 Å². The molecule has 0 unspecified atom stereocenters. The third-order valence-electron chi connectivity index (χ3n) is 4.23. The molecule has 0 N–H and O–H groups in total. The minimum absolute atomic E-state index is 0.0482. The van der Waals surface area contributed by atoms with Gasteiger partial charge in [0, 0.05) is 4.47 Å². The van der Waals surface area contributed by atoms with Crippen molar-refractivity contribution >= 4 is 21.9 Å². The largest absolute Gasteiger partial charge is 0.452 e. The highest BCUT2D eigenvalue weighted by Gasteiger charge is 2.16. The summed E-state index contributed by atoms with van der Waals surface area (Å²) in [5, 5.41) is 7.95. The van der Waals surface area contributed by atoms with Crippen molar-refractivity contribution in [3.05, 3.63) is 69.5 Å². The standard InChI is InChI=1S/C19H15BrN2O3/c20-16-7-2-1-6-15(16)18-22-21-17(25-18)11-24-19(23)14-9-8-12-4-3-5-13(12)10-14/h1-2,6-10H,3-5,11H2. The molecule has 0 amide bonds. The lowest BCUT2D eigenvalue weighted by molar-refractivity contribution is 0.0438. The molecule has 0 radical (unpaired) electrons. The third kappa shape index (κ3) is 3.35. The van der Waals surface area contributed by atoms with E-state index in [1.54, 1.807) is 0 Å². The van der Waals surface area contributed by atoms with E-state index in [2.05, 4.69) is 26.1 Å². The number of hydrogen-bond donors (Lipinski definition) is 0. The number of carbonyl (C=O) groups is 1. The molecule has 2 aromatic carbocycles. The second kappa shape index (κ2) is 6.80. The number of rotatable bonds is 4. The summed E-state index contributed by atoms with van der Waals surface area (Å²) in [6.07, 6.45) is 3.26. The Balaban J connectivity index is 1.43. The van der Waals surface area contributed by atoms with Gasteiger partial charge in [0.15, 0.2) is 6.61 Å². The van der Waals surface area contributed by atoms with Crippen molar-refractivity contribution in [2.75, 3.05) is 0 Å². The molecule has 3 aromatic rings. The van der Waals surface area contributed by atoms with Crippen molar-refractivity contribution < 1.29 is 13.9 Å². The zero-order chi connectivity index (χ0) is 17.2. The van der Waals surface area contributed by atoms with E-state index in [1.165, 1.54) is 11.1 Å². The Morgan fingerprint density at radius 1 is 1.12 bits per heavy atom. The number of fused-ring (bicyclic) bond motifs is 1. The maximum atomic E-state index is 12.2. The highest BCUT2D eigenvalue weighted by atomic mass is 79.9. The van der Waals surface area contributed by atoms with E-state index in [-0.39, 0.29) is 18.5 Å². The zero-order valence-corrected chi connectivity index (χ0v) is 15.0. The van der Waals surface area contributed by atoms with Gasteiger partial charge in [0.25, 0.3) is 5.89 Å². The molecule has 0 saturated carbocycles. The van der Waals surface area contributed by atoms with Crippen LogP contribution in [0.25, 0.3) is 11.5 Å². The molecule has 1 aliphatic carbocycles. The molecule has 1 aliphatic rings. The smallest absolute Gasteiger partial charge is 0.338 e. The lowest BCUT2D eigenvalue weighted by Gasteiger charge is -2.04. The molecule has 0 fully saturated rings. The van der Waals surface area contributed by atoms with Gasteiger partial charge >= 0.3 is 5.97 Å². The number of esters is 1. The summed E-state index contributed by atoms with van der Waals surface area (Å²) < 4.78 is 11.7. The average molecular weight is 399 g/mol. The van der Waals surface area contributed by atoms with Crippen LogP contribution >= 0.6 is 15.9 Å². The van der Waals surface area contributed by atoms with Crippen molar-refractivity contribution in [3.63, 3.8) is 0 Å². The van der Waals surface area contributed by atoms with E-state index < -0.39 is 0 Å². The monoisotopic (exact) mass is 398 g/mol. The average Bonchev–Trinajstić information content (AvgIpc) is 3.28. The number of benzene rings is 2. The number of halogens is 1. The number of aromatic nitrogens is 2. The summed E-state index contributed by atoms with van der Waals surface area (Å²) in [6.45, 7) is -0.0482. The molecule has 1 aromatic heterocycles. The molecule has 0 aliphatic heterocycles. The summed E-state index contributed by atoms with van der Waals surface area (Å²) in [6, 6.07) is 13.3. The number of aryl methyl sites for hydroxylation is 2. The maximum Gasteiger partial charge on any atom is 0.338 e. The molecule has 6 heteroatoms. The first-order valence-electron chi connectivity index (χ1n) is 8.07. The van der Waals surface area contributed by atoms with Crippen molar-refractivity contribution in [3.8, 4) is 11.5 Å². The highest BCUT2D eigenvalue weighted by Crippen LogP contribution is 2.27. The van der Waals surface area contributed by atoms with E-state index in [4.69, 9.17) is 9.15 Å². The third-order valence-corrected chi connectivity index (χ3v) is 4.92. The fourth-order valence-corrected chi connectivity index (χ4v) is 3.42. The quantitative estimate of drug-likeness (QED) is 0.611.